The highest BCUT2D eigenvalue weighted by atomic mass is 79.9. The molecule has 0 aliphatic carbocycles. The number of amides is 1. The van der Waals surface area contributed by atoms with Crippen molar-refractivity contribution in [2.75, 3.05) is 20.8 Å². The first-order valence-electron chi connectivity index (χ1n) is 9.83. The molecular formula is C24H20BrFN2O6. The van der Waals surface area contributed by atoms with E-state index in [9.17, 15) is 14.0 Å². The Labute approximate surface area is 203 Å². The number of hydrogen-bond donors (Lipinski definition) is 1. The summed E-state index contributed by atoms with van der Waals surface area (Å²) in [5.74, 6) is -0.109. The maximum absolute atomic E-state index is 12.9. The third kappa shape index (κ3) is 6.79. The summed E-state index contributed by atoms with van der Waals surface area (Å²) in [7, 11) is 2.96. The van der Waals surface area contributed by atoms with Crippen LogP contribution in [0, 0.1) is 5.82 Å². The number of hydrogen-bond acceptors (Lipinski definition) is 7. The monoisotopic (exact) mass is 530 g/mol. The van der Waals surface area contributed by atoms with Crippen LogP contribution >= 0.6 is 15.9 Å². The average molecular weight is 531 g/mol. The summed E-state index contributed by atoms with van der Waals surface area (Å²) >= 11 is 3.35. The first-order chi connectivity index (χ1) is 16.4. The van der Waals surface area contributed by atoms with Crippen LogP contribution in [0.15, 0.2) is 70.2 Å². The number of carbonyl (C=O) groups is 2. The number of esters is 1. The Bertz CT molecular complexity index is 1200. The number of ether oxygens (including phenoxy) is 4. The second-order valence-electron chi connectivity index (χ2n) is 6.68. The van der Waals surface area contributed by atoms with Gasteiger partial charge in [0, 0.05) is 10.0 Å². The lowest BCUT2D eigenvalue weighted by Crippen LogP contribution is -2.24. The number of rotatable bonds is 9. The summed E-state index contributed by atoms with van der Waals surface area (Å²) in [5.41, 5.74) is 3.01. The van der Waals surface area contributed by atoms with Gasteiger partial charge < -0.3 is 18.9 Å². The van der Waals surface area contributed by atoms with Gasteiger partial charge in [-0.2, -0.15) is 5.10 Å². The van der Waals surface area contributed by atoms with Crippen molar-refractivity contribution in [3.8, 4) is 23.0 Å². The standard InChI is InChI=1S/C24H20BrFN2O6/c1-31-21-9-3-15(12-22(21)32-2)24(30)34-20-10-4-17(25)11-16(20)13-27-28-23(29)14-33-19-7-5-18(26)6-8-19/h3-13H,14H2,1-2H3,(H,28,29)/b27-13+. The highest BCUT2D eigenvalue weighted by Crippen LogP contribution is 2.29. The van der Waals surface area contributed by atoms with Crippen molar-refractivity contribution in [3.05, 3.63) is 82.1 Å². The highest BCUT2D eigenvalue weighted by Gasteiger charge is 2.15. The van der Waals surface area contributed by atoms with Crippen molar-refractivity contribution in [2.45, 2.75) is 0 Å². The fourth-order valence-electron chi connectivity index (χ4n) is 2.72. The molecule has 1 N–H and O–H groups in total. The summed E-state index contributed by atoms with van der Waals surface area (Å²) in [6.07, 6.45) is 1.33. The lowest BCUT2D eigenvalue weighted by Gasteiger charge is -2.11. The summed E-state index contributed by atoms with van der Waals surface area (Å²) in [4.78, 5) is 24.6. The van der Waals surface area contributed by atoms with E-state index in [0.29, 0.717) is 27.3 Å². The molecule has 0 aliphatic rings. The van der Waals surface area contributed by atoms with E-state index >= 15 is 0 Å². The number of nitrogens with zero attached hydrogens (tertiary/aromatic N) is 1. The summed E-state index contributed by atoms with van der Waals surface area (Å²) in [6, 6.07) is 14.9. The van der Waals surface area contributed by atoms with Crippen LogP contribution in [0.4, 0.5) is 4.39 Å². The molecule has 0 aliphatic heterocycles. The molecule has 10 heteroatoms. The van der Waals surface area contributed by atoms with E-state index < -0.39 is 17.7 Å². The molecule has 0 heterocycles. The molecule has 34 heavy (non-hydrogen) atoms. The third-order valence-electron chi connectivity index (χ3n) is 4.37. The normalized spacial score (nSPS) is 10.6. The fraction of sp³-hybridized carbons (Fsp3) is 0.125. The third-order valence-corrected chi connectivity index (χ3v) is 4.86. The van der Waals surface area contributed by atoms with E-state index in [1.165, 1.54) is 50.8 Å². The van der Waals surface area contributed by atoms with E-state index in [0.717, 1.165) is 0 Å². The molecule has 0 radical (unpaired) electrons. The van der Waals surface area contributed by atoms with Crippen molar-refractivity contribution >= 4 is 34.0 Å². The number of benzene rings is 3. The van der Waals surface area contributed by atoms with Gasteiger partial charge in [0.15, 0.2) is 18.1 Å². The Kier molecular flexibility index (Phi) is 8.58. The predicted molar refractivity (Wildman–Crippen MR) is 126 cm³/mol. The van der Waals surface area contributed by atoms with Gasteiger partial charge in [0.1, 0.15) is 17.3 Å². The quantitative estimate of drug-likeness (QED) is 0.191. The average Bonchev–Trinajstić information content (AvgIpc) is 2.84. The highest BCUT2D eigenvalue weighted by molar-refractivity contribution is 9.10. The molecule has 8 nitrogen and oxygen atoms in total. The van der Waals surface area contributed by atoms with Crippen LogP contribution in [-0.4, -0.2) is 38.9 Å². The molecule has 3 aromatic carbocycles. The SMILES string of the molecule is COc1ccc(C(=O)Oc2ccc(Br)cc2/C=N/NC(=O)COc2ccc(F)cc2)cc1OC. The largest absolute Gasteiger partial charge is 0.493 e. The molecule has 0 bridgehead atoms. The van der Waals surface area contributed by atoms with Crippen LogP contribution in [-0.2, 0) is 4.79 Å². The summed E-state index contributed by atoms with van der Waals surface area (Å²) < 4.78 is 34.8. The molecule has 3 aromatic rings. The van der Waals surface area contributed by atoms with Gasteiger partial charge >= 0.3 is 5.97 Å². The molecule has 176 valence electrons. The number of halogens is 2. The molecule has 0 atom stereocenters. The lowest BCUT2D eigenvalue weighted by atomic mass is 10.2. The van der Waals surface area contributed by atoms with Gasteiger partial charge in [-0.05, 0) is 60.7 Å². The van der Waals surface area contributed by atoms with E-state index in [1.807, 2.05) is 0 Å². The fourth-order valence-corrected chi connectivity index (χ4v) is 3.10. The van der Waals surface area contributed by atoms with Gasteiger partial charge in [-0.25, -0.2) is 14.6 Å². The molecular weight excluding hydrogens is 511 g/mol. The van der Waals surface area contributed by atoms with Crippen LogP contribution in [0.2, 0.25) is 0 Å². The van der Waals surface area contributed by atoms with E-state index in [2.05, 4.69) is 26.5 Å². The zero-order valence-electron chi connectivity index (χ0n) is 18.2. The second-order valence-corrected chi connectivity index (χ2v) is 7.59. The molecule has 0 saturated carbocycles. The minimum absolute atomic E-state index is 0.226. The van der Waals surface area contributed by atoms with Crippen LogP contribution < -0.4 is 24.4 Å². The molecule has 1 amide bonds. The molecule has 0 spiro atoms. The van der Waals surface area contributed by atoms with E-state index in [1.54, 1.807) is 30.3 Å². The first kappa shape index (κ1) is 24.7. The minimum Gasteiger partial charge on any atom is -0.493 e. The number of methoxy groups -OCH3 is 2. The summed E-state index contributed by atoms with van der Waals surface area (Å²) in [5, 5.41) is 3.89. The van der Waals surface area contributed by atoms with Crippen molar-refractivity contribution in [2.24, 2.45) is 5.10 Å². The maximum atomic E-state index is 12.9. The Morgan fingerprint density at radius 2 is 1.68 bits per heavy atom. The molecule has 0 unspecified atom stereocenters. The topological polar surface area (TPSA) is 95.5 Å². The second kappa shape index (κ2) is 11.8. The smallest absolute Gasteiger partial charge is 0.343 e. The van der Waals surface area contributed by atoms with Crippen molar-refractivity contribution in [1.82, 2.24) is 5.43 Å². The molecule has 3 rings (SSSR count). The van der Waals surface area contributed by atoms with Gasteiger partial charge in [-0.3, -0.25) is 4.79 Å². The molecule has 0 aromatic heterocycles. The van der Waals surface area contributed by atoms with Crippen molar-refractivity contribution < 1.29 is 32.9 Å². The predicted octanol–water partition coefficient (Wildman–Crippen LogP) is 4.35. The van der Waals surface area contributed by atoms with Gasteiger partial charge in [-0.15, -0.1) is 0 Å². The zero-order chi connectivity index (χ0) is 24.5. The van der Waals surface area contributed by atoms with Gasteiger partial charge in [0.2, 0.25) is 0 Å². The van der Waals surface area contributed by atoms with Crippen molar-refractivity contribution in [3.63, 3.8) is 0 Å². The van der Waals surface area contributed by atoms with Crippen LogP contribution in [0.3, 0.4) is 0 Å². The Morgan fingerprint density at radius 1 is 0.971 bits per heavy atom. The Balaban J connectivity index is 1.65. The van der Waals surface area contributed by atoms with Gasteiger partial charge in [0.05, 0.1) is 26.0 Å². The number of carbonyl (C=O) groups excluding carboxylic acids is 2. The first-order valence-corrected chi connectivity index (χ1v) is 10.6. The van der Waals surface area contributed by atoms with Crippen LogP contribution in [0.5, 0.6) is 23.0 Å². The molecule has 0 fully saturated rings. The lowest BCUT2D eigenvalue weighted by molar-refractivity contribution is -0.123. The van der Waals surface area contributed by atoms with Gasteiger partial charge in [-0.1, -0.05) is 15.9 Å². The summed E-state index contributed by atoms with van der Waals surface area (Å²) in [6.45, 7) is -0.317. The minimum atomic E-state index is -0.616. The maximum Gasteiger partial charge on any atom is 0.343 e. The van der Waals surface area contributed by atoms with Crippen LogP contribution in [0.1, 0.15) is 15.9 Å². The van der Waals surface area contributed by atoms with Crippen molar-refractivity contribution in [1.29, 1.82) is 0 Å². The Morgan fingerprint density at radius 3 is 2.38 bits per heavy atom. The molecule has 0 saturated heterocycles. The Hall–Kier alpha value is -3.92. The number of hydrazone groups is 1. The van der Waals surface area contributed by atoms with E-state index in [4.69, 9.17) is 18.9 Å². The van der Waals surface area contributed by atoms with Gasteiger partial charge in [0.25, 0.3) is 5.91 Å². The number of nitrogens with one attached hydrogen (secondary N) is 1. The zero-order valence-corrected chi connectivity index (χ0v) is 19.8. The van der Waals surface area contributed by atoms with Crippen LogP contribution in [0.25, 0.3) is 0 Å². The van der Waals surface area contributed by atoms with E-state index in [-0.39, 0.29) is 17.9 Å².